The third kappa shape index (κ3) is 4.21. The molecule has 5 nitrogen and oxygen atoms in total. The smallest absolute Gasteiger partial charge is 0.340 e. The van der Waals surface area contributed by atoms with E-state index in [2.05, 4.69) is 15.3 Å². The molecule has 0 aliphatic carbocycles. The molecular formula is C16H17F3N4O. The van der Waals surface area contributed by atoms with Gasteiger partial charge in [0, 0.05) is 24.8 Å². The molecule has 8 heteroatoms. The number of nitrogens with zero attached hydrogens (tertiary/aromatic N) is 3. The first-order valence-electron chi connectivity index (χ1n) is 7.40. The van der Waals surface area contributed by atoms with Gasteiger partial charge in [-0.2, -0.15) is 13.2 Å². The fourth-order valence-electron chi connectivity index (χ4n) is 2.11. The zero-order valence-corrected chi connectivity index (χ0v) is 13.3. The second-order valence-corrected chi connectivity index (χ2v) is 4.97. The minimum atomic E-state index is -4.38. The highest BCUT2D eigenvalue weighted by atomic mass is 19.4. The molecule has 1 amide bonds. The van der Waals surface area contributed by atoms with E-state index < -0.39 is 11.7 Å². The number of amides is 1. The predicted molar refractivity (Wildman–Crippen MR) is 84.0 cm³/mol. The fourth-order valence-corrected chi connectivity index (χ4v) is 2.11. The summed E-state index contributed by atoms with van der Waals surface area (Å²) in [7, 11) is 0. The van der Waals surface area contributed by atoms with E-state index in [0.29, 0.717) is 24.6 Å². The third-order valence-corrected chi connectivity index (χ3v) is 3.42. The summed E-state index contributed by atoms with van der Waals surface area (Å²) in [6.45, 7) is 4.84. The molecule has 0 saturated heterocycles. The monoisotopic (exact) mass is 338 g/mol. The lowest BCUT2D eigenvalue weighted by atomic mass is 10.2. The molecular weight excluding hydrogens is 321 g/mol. The summed E-state index contributed by atoms with van der Waals surface area (Å²) in [4.78, 5) is 21.8. The Balaban J connectivity index is 2.16. The largest absolute Gasteiger partial charge is 0.416 e. The molecule has 24 heavy (non-hydrogen) atoms. The number of carbonyl (C=O) groups excluding carboxylic acids is 1. The van der Waals surface area contributed by atoms with Crippen molar-refractivity contribution in [1.82, 2.24) is 14.9 Å². The standard InChI is InChI=1S/C16H17F3N4O/c1-3-23(4-2)15(24)13-9-14(21-10-20-13)22-12-7-5-11(6-8-12)16(17,18)19/h5-10H,3-4H2,1-2H3,(H,20,21,22). The molecule has 1 aromatic heterocycles. The number of benzene rings is 1. The molecule has 0 radical (unpaired) electrons. The van der Waals surface area contributed by atoms with Gasteiger partial charge in [-0.05, 0) is 38.1 Å². The van der Waals surface area contributed by atoms with Gasteiger partial charge in [0.25, 0.3) is 5.91 Å². The fraction of sp³-hybridized carbons (Fsp3) is 0.312. The lowest BCUT2D eigenvalue weighted by Crippen LogP contribution is -2.31. The summed E-state index contributed by atoms with van der Waals surface area (Å²) >= 11 is 0. The predicted octanol–water partition coefficient (Wildman–Crippen LogP) is 3.72. The molecule has 1 heterocycles. The highest BCUT2D eigenvalue weighted by molar-refractivity contribution is 5.93. The first kappa shape index (κ1) is 17.7. The van der Waals surface area contributed by atoms with E-state index in [4.69, 9.17) is 0 Å². The molecule has 2 rings (SSSR count). The molecule has 0 aliphatic heterocycles. The molecule has 0 fully saturated rings. The highest BCUT2D eigenvalue weighted by Crippen LogP contribution is 2.30. The quantitative estimate of drug-likeness (QED) is 0.903. The van der Waals surface area contributed by atoms with Crippen molar-refractivity contribution in [3.05, 3.63) is 47.9 Å². The van der Waals surface area contributed by atoms with Crippen molar-refractivity contribution in [1.29, 1.82) is 0 Å². The Hall–Kier alpha value is -2.64. The minimum Gasteiger partial charge on any atom is -0.340 e. The zero-order chi connectivity index (χ0) is 17.7. The first-order valence-corrected chi connectivity index (χ1v) is 7.40. The van der Waals surface area contributed by atoms with Gasteiger partial charge in [-0.1, -0.05) is 0 Å². The Morgan fingerprint density at radius 2 is 1.75 bits per heavy atom. The Morgan fingerprint density at radius 3 is 2.29 bits per heavy atom. The third-order valence-electron chi connectivity index (χ3n) is 3.42. The lowest BCUT2D eigenvalue weighted by Gasteiger charge is -2.18. The van der Waals surface area contributed by atoms with Crippen molar-refractivity contribution in [2.45, 2.75) is 20.0 Å². The molecule has 0 spiro atoms. The van der Waals surface area contributed by atoms with E-state index in [9.17, 15) is 18.0 Å². The minimum absolute atomic E-state index is 0.224. The average molecular weight is 338 g/mol. The number of alkyl halides is 3. The van der Waals surface area contributed by atoms with Crippen LogP contribution in [0.25, 0.3) is 0 Å². The maximum absolute atomic E-state index is 12.5. The number of hydrogen-bond donors (Lipinski definition) is 1. The Bertz CT molecular complexity index is 697. The number of carbonyl (C=O) groups is 1. The first-order chi connectivity index (χ1) is 11.3. The van der Waals surface area contributed by atoms with E-state index in [0.717, 1.165) is 12.1 Å². The van der Waals surface area contributed by atoms with Crippen LogP contribution in [-0.4, -0.2) is 33.9 Å². The van der Waals surface area contributed by atoms with Crippen molar-refractivity contribution in [3.63, 3.8) is 0 Å². The van der Waals surface area contributed by atoms with E-state index >= 15 is 0 Å². The highest BCUT2D eigenvalue weighted by Gasteiger charge is 2.29. The van der Waals surface area contributed by atoms with Crippen LogP contribution in [-0.2, 0) is 6.18 Å². The normalized spacial score (nSPS) is 11.2. The summed E-state index contributed by atoms with van der Waals surface area (Å²) in [6, 6.07) is 6.03. The van der Waals surface area contributed by atoms with Gasteiger partial charge in [-0.15, -0.1) is 0 Å². The molecule has 1 N–H and O–H groups in total. The van der Waals surface area contributed by atoms with Gasteiger partial charge in [-0.25, -0.2) is 9.97 Å². The van der Waals surface area contributed by atoms with Gasteiger partial charge < -0.3 is 10.2 Å². The second-order valence-electron chi connectivity index (χ2n) is 4.97. The van der Waals surface area contributed by atoms with Gasteiger partial charge in [-0.3, -0.25) is 4.79 Å². The van der Waals surface area contributed by atoms with Gasteiger partial charge in [0.2, 0.25) is 0 Å². The van der Waals surface area contributed by atoms with Crippen molar-refractivity contribution in [2.75, 3.05) is 18.4 Å². The molecule has 128 valence electrons. The number of halogens is 3. The van der Waals surface area contributed by atoms with Crippen molar-refractivity contribution in [2.24, 2.45) is 0 Å². The lowest BCUT2D eigenvalue weighted by molar-refractivity contribution is -0.137. The van der Waals surface area contributed by atoms with Crippen molar-refractivity contribution >= 4 is 17.4 Å². The molecule has 1 aromatic carbocycles. The summed E-state index contributed by atoms with van der Waals surface area (Å²) in [5.74, 6) is 0.109. The van der Waals surface area contributed by atoms with Gasteiger partial charge in [0.05, 0.1) is 5.56 Å². The summed E-state index contributed by atoms with van der Waals surface area (Å²) in [5, 5.41) is 2.86. The van der Waals surface area contributed by atoms with Crippen LogP contribution in [0.2, 0.25) is 0 Å². The van der Waals surface area contributed by atoms with Crippen molar-refractivity contribution < 1.29 is 18.0 Å². The Kier molecular flexibility index (Phi) is 5.38. The number of aromatic nitrogens is 2. The van der Waals surface area contributed by atoms with Crippen LogP contribution >= 0.6 is 0 Å². The SMILES string of the molecule is CCN(CC)C(=O)c1cc(Nc2ccc(C(F)(F)F)cc2)ncn1. The van der Waals surface area contributed by atoms with Crippen LogP contribution in [0.4, 0.5) is 24.7 Å². The Morgan fingerprint density at radius 1 is 1.12 bits per heavy atom. The Labute approximate surface area is 137 Å². The van der Waals surface area contributed by atoms with Crippen LogP contribution in [0.15, 0.2) is 36.7 Å². The van der Waals surface area contributed by atoms with E-state index in [1.807, 2.05) is 13.8 Å². The van der Waals surface area contributed by atoms with Gasteiger partial charge in [0.1, 0.15) is 17.8 Å². The van der Waals surface area contributed by atoms with Crippen LogP contribution in [0, 0.1) is 0 Å². The van der Waals surface area contributed by atoms with E-state index in [1.54, 1.807) is 4.90 Å². The molecule has 2 aromatic rings. The maximum Gasteiger partial charge on any atom is 0.416 e. The summed E-state index contributed by atoms with van der Waals surface area (Å²) in [6.07, 6.45) is -3.14. The topological polar surface area (TPSA) is 58.1 Å². The maximum atomic E-state index is 12.5. The second kappa shape index (κ2) is 7.29. The van der Waals surface area contributed by atoms with E-state index in [-0.39, 0.29) is 11.6 Å². The van der Waals surface area contributed by atoms with E-state index in [1.165, 1.54) is 24.5 Å². The number of nitrogens with one attached hydrogen (secondary N) is 1. The van der Waals surface area contributed by atoms with Crippen LogP contribution < -0.4 is 5.32 Å². The molecule has 0 aliphatic rings. The van der Waals surface area contributed by atoms with Crippen LogP contribution in [0.5, 0.6) is 0 Å². The molecule has 0 unspecified atom stereocenters. The van der Waals surface area contributed by atoms with Crippen molar-refractivity contribution in [3.8, 4) is 0 Å². The number of hydrogen-bond acceptors (Lipinski definition) is 4. The zero-order valence-electron chi connectivity index (χ0n) is 13.3. The average Bonchev–Trinajstić information content (AvgIpc) is 2.56. The summed E-state index contributed by atoms with van der Waals surface area (Å²) < 4.78 is 37.6. The number of anilines is 2. The van der Waals surface area contributed by atoms with Gasteiger partial charge >= 0.3 is 6.18 Å². The summed E-state index contributed by atoms with van der Waals surface area (Å²) in [5.41, 5.74) is -0.0702. The van der Waals surface area contributed by atoms with Crippen LogP contribution in [0.3, 0.4) is 0 Å². The van der Waals surface area contributed by atoms with Crippen LogP contribution in [0.1, 0.15) is 29.9 Å². The van der Waals surface area contributed by atoms with Gasteiger partial charge in [0.15, 0.2) is 0 Å². The molecule has 0 atom stereocenters. The molecule has 0 saturated carbocycles. The number of rotatable bonds is 5. The molecule has 0 bridgehead atoms.